The van der Waals surface area contributed by atoms with Gasteiger partial charge in [-0.2, -0.15) is 23.4 Å². The van der Waals surface area contributed by atoms with Crippen molar-refractivity contribution in [2.24, 2.45) is 5.10 Å². The van der Waals surface area contributed by atoms with Crippen LogP contribution in [0.4, 0.5) is 30.6 Å². The van der Waals surface area contributed by atoms with E-state index < -0.39 is 12.1 Å². The molecule has 3 aromatic rings. The van der Waals surface area contributed by atoms with E-state index >= 15 is 0 Å². The number of carboxylic acid groups (broad SMARTS) is 1. The summed E-state index contributed by atoms with van der Waals surface area (Å²) in [4.78, 5) is 17.6. The van der Waals surface area contributed by atoms with Crippen LogP contribution in [0.2, 0.25) is 10.0 Å². The van der Waals surface area contributed by atoms with Crippen molar-refractivity contribution in [3.63, 3.8) is 0 Å². The van der Waals surface area contributed by atoms with Crippen molar-refractivity contribution < 1.29 is 27.8 Å². The molecular weight excluding hydrogens is 512 g/mol. The van der Waals surface area contributed by atoms with Gasteiger partial charge in [0.05, 0.1) is 33.4 Å². The Kier molecular flexibility index (Phi) is 7.63. The Balaban J connectivity index is 0.000000429. The van der Waals surface area contributed by atoms with Crippen molar-refractivity contribution in [1.82, 2.24) is 9.97 Å². The molecule has 0 radical (unpaired) electrons. The summed E-state index contributed by atoms with van der Waals surface area (Å²) in [7, 11) is 1.74. The normalized spacial score (nSPS) is 12.3. The molecule has 0 amide bonds. The number of aromatic nitrogens is 2. The average Bonchev–Trinajstić information content (AvgIpc) is 2.79. The van der Waals surface area contributed by atoms with Gasteiger partial charge < -0.3 is 15.2 Å². The first-order valence-corrected chi connectivity index (χ1v) is 10.1. The number of carbonyl (C=O) groups is 1. The lowest BCUT2D eigenvalue weighted by atomic mass is 10.2. The third kappa shape index (κ3) is 6.28. The van der Waals surface area contributed by atoms with Crippen molar-refractivity contribution in [1.29, 1.82) is 5.26 Å². The molecule has 14 heteroatoms. The summed E-state index contributed by atoms with van der Waals surface area (Å²) in [5, 5.41) is 26.0. The summed E-state index contributed by atoms with van der Waals surface area (Å²) in [6.45, 7) is 0. The smallest absolute Gasteiger partial charge is 0.475 e. The minimum Gasteiger partial charge on any atom is -0.475 e. The second kappa shape index (κ2) is 10.5. The van der Waals surface area contributed by atoms with Gasteiger partial charge in [0.1, 0.15) is 0 Å². The molecule has 0 spiro atoms. The minimum atomic E-state index is -5.08. The molecule has 1 aliphatic heterocycles. The van der Waals surface area contributed by atoms with Crippen molar-refractivity contribution in [2.75, 3.05) is 17.4 Å². The van der Waals surface area contributed by atoms with Gasteiger partial charge in [-0.25, -0.2) is 14.8 Å². The maximum atomic E-state index is 10.6. The van der Waals surface area contributed by atoms with Crippen molar-refractivity contribution in [2.45, 2.75) is 6.18 Å². The predicted octanol–water partition coefficient (Wildman–Crippen LogP) is 5.22. The summed E-state index contributed by atoms with van der Waals surface area (Å²) in [6, 6.07) is 14.3. The minimum absolute atomic E-state index is 0.261. The molecule has 180 valence electrons. The van der Waals surface area contributed by atoms with Gasteiger partial charge in [0.15, 0.2) is 11.6 Å². The molecule has 2 heterocycles. The Bertz CT molecular complexity index is 1320. The summed E-state index contributed by atoms with van der Waals surface area (Å²) < 4.78 is 37.6. The van der Waals surface area contributed by atoms with E-state index in [0.29, 0.717) is 44.4 Å². The number of nitriles is 1. The maximum absolute atomic E-state index is 10.6. The Morgan fingerprint density at radius 2 is 1.83 bits per heavy atom. The fourth-order valence-corrected chi connectivity index (χ4v) is 3.19. The fraction of sp³-hybridized carbons (Fsp3) is 0.0952. The van der Waals surface area contributed by atoms with Gasteiger partial charge in [0.2, 0.25) is 11.8 Å². The Labute approximate surface area is 206 Å². The molecule has 1 aliphatic rings. The Hall–Kier alpha value is -4.08. The van der Waals surface area contributed by atoms with Crippen LogP contribution in [0.25, 0.3) is 0 Å². The van der Waals surface area contributed by atoms with Crippen molar-refractivity contribution in [3.8, 4) is 11.8 Å². The SMILES string of the molecule is CN1N=C(c2c(Cl)cccc2Cl)Oc2cnc(Nc3cccc(C#N)c3)nc21.O=C(O)C(F)(F)F. The lowest BCUT2D eigenvalue weighted by Gasteiger charge is -2.24. The molecule has 2 aromatic carbocycles. The highest BCUT2D eigenvalue weighted by Gasteiger charge is 2.38. The van der Waals surface area contributed by atoms with Gasteiger partial charge in [0.25, 0.3) is 0 Å². The number of anilines is 3. The molecule has 2 N–H and O–H groups in total. The van der Waals surface area contributed by atoms with Gasteiger partial charge in [-0.05, 0) is 30.3 Å². The van der Waals surface area contributed by atoms with E-state index in [1.54, 1.807) is 48.5 Å². The van der Waals surface area contributed by atoms with Crippen molar-refractivity contribution in [3.05, 3.63) is 69.8 Å². The molecule has 1 aromatic heterocycles. The highest BCUT2D eigenvalue weighted by Crippen LogP contribution is 2.34. The van der Waals surface area contributed by atoms with E-state index in [1.165, 1.54) is 6.20 Å². The van der Waals surface area contributed by atoms with Gasteiger partial charge in [-0.3, -0.25) is 0 Å². The first-order chi connectivity index (χ1) is 16.5. The third-order valence-electron chi connectivity index (χ3n) is 4.16. The molecule has 0 fully saturated rings. The number of nitrogens with one attached hydrogen (secondary N) is 1. The zero-order valence-corrected chi connectivity index (χ0v) is 19.0. The summed E-state index contributed by atoms with van der Waals surface area (Å²) >= 11 is 12.5. The van der Waals surface area contributed by atoms with Crippen LogP contribution in [0.15, 0.2) is 53.8 Å². The molecule has 0 saturated carbocycles. The van der Waals surface area contributed by atoms with E-state index in [0.717, 1.165) is 0 Å². The number of benzene rings is 2. The number of hydrogen-bond acceptors (Lipinski definition) is 8. The van der Waals surface area contributed by atoms with E-state index in [4.69, 9.17) is 43.1 Å². The standard InChI is InChI=1S/C19H12Cl2N6O.C2HF3O2/c1-27-17-15(28-18(26-27)16-13(20)6-3-7-14(16)21)10-23-19(25-17)24-12-5-2-4-11(8-12)9-22;3-2(4,5)1(6)7/h2-8,10H,1H3,(H,23,24,25);(H,6,7). The monoisotopic (exact) mass is 524 g/mol. The Morgan fingerprint density at radius 1 is 1.20 bits per heavy atom. The van der Waals surface area contributed by atoms with Crippen LogP contribution in [-0.4, -0.2) is 40.2 Å². The first-order valence-electron chi connectivity index (χ1n) is 9.38. The predicted molar refractivity (Wildman–Crippen MR) is 122 cm³/mol. The lowest BCUT2D eigenvalue weighted by molar-refractivity contribution is -0.192. The number of halogens is 5. The lowest BCUT2D eigenvalue weighted by Crippen LogP contribution is -2.26. The molecule has 0 atom stereocenters. The van der Waals surface area contributed by atoms with E-state index in [2.05, 4.69) is 26.5 Å². The van der Waals surface area contributed by atoms with E-state index in [1.807, 2.05) is 6.07 Å². The number of hydrogen-bond donors (Lipinski definition) is 2. The second-order valence-electron chi connectivity index (χ2n) is 6.63. The average molecular weight is 525 g/mol. The topological polar surface area (TPSA) is 124 Å². The first kappa shape index (κ1) is 25.5. The molecule has 9 nitrogen and oxygen atoms in total. The summed E-state index contributed by atoms with van der Waals surface area (Å²) in [5.74, 6) is -1.26. The number of fused-ring (bicyclic) bond motifs is 1. The number of hydrazone groups is 1. The van der Waals surface area contributed by atoms with Gasteiger partial charge in [0, 0.05) is 12.7 Å². The van der Waals surface area contributed by atoms with E-state index in [9.17, 15) is 13.2 Å². The van der Waals surface area contributed by atoms with Crippen LogP contribution in [0.3, 0.4) is 0 Å². The number of nitrogens with zero attached hydrogens (tertiary/aromatic N) is 5. The highest BCUT2D eigenvalue weighted by molar-refractivity contribution is 6.39. The second-order valence-corrected chi connectivity index (χ2v) is 7.44. The molecule has 4 rings (SSSR count). The summed E-state index contributed by atoms with van der Waals surface area (Å²) in [5.41, 5.74) is 1.73. The number of aliphatic carboxylic acids is 1. The molecule has 35 heavy (non-hydrogen) atoms. The van der Waals surface area contributed by atoms with Crippen LogP contribution in [0, 0.1) is 11.3 Å². The molecule has 0 aliphatic carbocycles. The van der Waals surface area contributed by atoms with Crippen LogP contribution < -0.4 is 15.1 Å². The zero-order chi connectivity index (χ0) is 25.8. The van der Waals surface area contributed by atoms with Crippen LogP contribution in [-0.2, 0) is 4.79 Å². The quantitative estimate of drug-likeness (QED) is 0.477. The van der Waals surface area contributed by atoms with E-state index in [-0.39, 0.29) is 5.90 Å². The third-order valence-corrected chi connectivity index (χ3v) is 4.79. The highest BCUT2D eigenvalue weighted by atomic mass is 35.5. The number of rotatable bonds is 3. The van der Waals surface area contributed by atoms with Gasteiger partial charge in [-0.1, -0.05) is 35.3 Å². The number of ether oxygens (including phenoxy) is 1. The van der Waals surface area contributed by atoms with Crippen molar-refractivity contribution >= 4 is 52.5 Å². The van der Waals surface area contributed by atoms with Gasteiger partial charge >= 0.3 is 12.1 Å². The van der Waals surface area contributed by atoms with Crippen LogP contribution >= 0.6 is 23.2 Å². The van der Waals surface area contributed by atoms with Gasteiger partial charge in [-0.15, -0.1) is 5.10 Å². The number of carboxylic acids is 1. The summed E-state index contributed by atoms with van der Waals surface area (Å²) in [6.07, 6.45) is -3.55. The molecule has 0 unspecified atom stereocenters. The molecule has 0 saturated heterocycles. The molecular formula is C21H13Cl2F3N6O3. The van der Waals surface area contributed by atoms with Crippen LogP contribution in [0.5, 0.6) is 5.75 Å². The maximum Gasteiger partial charge on any atom is 0.490 e. The number of alkyl halides is 3. The molecule has 0 bridgehead atoms. The largest absolute Gasteiger partial charge is 0.490 e. The Morgan fingerprint density at radius 3 is 2.43 bits per heavy atom. The fourth-order valence-electron chi connectivity index (χ4n) is 2.63. The zero-order valence-electron chi connectivity index (χ0n) is 17.5. The van der Waals surface area contributed by atoms with Crippen LogP contribution in [0.1, 0.15) is 11.1 Å².